The van der Waals surface area contributed by atoms with Crippen molar-refractivity contribution in [2.75, 3.05) is 24.5 Å². The Labute approximate surface area is 152 Å². The van der Waals surface area contributed by atoms with Gasteiger partial charge in [-0.05, 0) is 57.1 Å². The molecule has 6 heteroatoms. The van der Waals surface area contributed by atoms with Crippen LogP contribution in [-0.2, 0) is 4.79 Å². The van der Waals surface area contributed by atoms with Gasteiger partial charge in [0.2, 0.25) is 5.91 Å². The van der Waals surface area contributed by atoms with E-state index in [0.29, 0.717) is 19.6 Å². The van der Waals surface area contributed by atoms with Gasteiger partial charge in [-0.3, -0.25) is 4.79 Å². The van der Waals surface area contributed by atoms with Crippen molar-refractivity contribution in [1.82, 2.24) is 4.90 Å². The smallest absolute Gasteiger partial charge is 0.230 e. The van der Waals surface area contributed by atoms with Crippen molar-refractivity contribution in [2.45, 2.75) is 57.1 Å². The third-order valence-electron chi connectivity index (χ3n) is 6.48. The fourth-order valence-electron chi connectivity index (χ4n) is 5.06. The van der Waals surface area contributed by atoms with E-state index < -0.39 is 17.0 Å². The first kappa shape index (κ1) is 17.7. The molecule has 4 nitrogen and oxygen atoms in total. The first-order valence-electron chi connectivity index (χ1n) is 9.68. The highest BCUT2D eigenvalue weighted by Crippen LogP contribution is 2.44. The van der Waals surface area contributed by atoms with Crippen molar-refractivity contribution < 1.29 is 18.7 Å². The number of benzene rings is 1. The Morgan fingerprint density at radius 1 is 1.04 bits per heavy atom. The summed E-state index contributed by atoms with van der Waals surface area (Å²) in [7, 11) is 0. The molecule has 142 valence electrons. The number of hydrogen-bond donors (Lipinski definition) is 1. The van der Waals surface area contributed by atoms with Gasteiger partial charge in [0.15, 0.2) is 0 Å². The number of anilines is 1. The Morgan fingerprint density at radius 2 is 1.73 bits per heavy atom. The Kier molecular flexibility index (Phi) is 4.63. The van der Waals surface area contributed by atoms with Gasteiger partial charge in [0.05, 0.1) is 11.5 Å². The molecule has 1 atom stereocenters. The molecule has 0 radical (unpaired) electrons. The highest BCUT2D eigenvalue weighted by molar-refractivity contribution is 5.86. The second kappa shape index (κ2) is 6.80. The largest absolute Gasteiger partial charge is 0.393 e. The predicted molar refractivity (Wildman–Crippen MR) is 94.8 cm³/mol. The molecule has 1 aliphatic carbocycles. The summed E-state index contributed by atoms with van der Waals surface area (Å²) in [5, 5.41) is 9.71. The van der Waals surface area contributed by atoms with Crippen LogP contribution in [0.25, 0.3) is 0 Å². The van der Waals surface area contributed by atoms with Gasteiger partial charge in [-0.15, -0.1) is 0 Å². The van der Waals surface area contributed by atoms with E-state index >= 15 is 0 Å². The van der Waals surface area contributed by atoms with Gasteiger partial charge >= 0.3 is 0 Å². The van der Waals surface area contributed by atoms with Crippen LogP contribution in [0, 0.1) is 17.0 Å². The molecule has 1 N–H and O–H groups in total. The zero-order valence-corrected chi connectivity index (χ0v) is 15.0. The van der Waals surface area contributed by atoms with Crippen molar-refractivity contribution in [3.05, 3.63) is 29.8 Å². The Hall–Kier alpha value is -1.69. The number of aliphatic hydroxyl groups excluding tert-OH is 1. The molecule has 1 spiro atoms. The monoisotopic (exact) mass is 364 g/mol. The summed E-state index contributed by atoms with van der Waals surface area (Å²) in [4.78, 5) is 17.0. The summed E-state index contributed by atoms with van der Waals surface area (Å²) in [6.45, 7) is 1.67. The number of amides is 1. The highest BCUT2D eigenvalue weighted by atomic mass is 19.1. The van der Waals surface area contributed by atoms with E-state index in [2.05, 4.69) is 0 Å². The number of aliphatic hydroxyl groups is 1. The van der Waals surface area contributed by atoms with E-state index in [9.17, 15) is 18.7 Å². The number of rotatable bonds is 2. The molecular formula is C20H26F2N2O2. The maximum Gasteiger partial charge on any atom is 0.230 e. The second-order valence-electron chi connectivity index (χ2n) is 8.09. The highest BCUT2D eigenvalue weighted by Gasteiger charge is 2.51. The molecule has 0 bridgehead atoms. The van der Waals surface area contributed by atoms with Crippen LogP contribution < -0.4 is 4.90 Å². The van der Waals surface area contributed by atoms with Crippen LogP contribution >= 0.6 is 0 Å². The number of nitrogens with zero attached hydrogens (tertiary/aromatic N) is 2. The lowest BCUT2D eigenvalue weighted by atomic mass is 9.78. The molecule has 1 aromatic rings. The van der Waals surface area contributed by atoms with Crippen molar-refractivity contribution in [3.8, 4) is 0 Å². The Morgan fingerprint density at radius 3 is 2.42 bits per heavy atom. The van der Waals surface area contributed by atoms with Crippen LogP contribution in [0.3, 0.4) is 0 Å². The lowest BCUT2D eigenvalue weighted by Gasteiger charge is -2.41. The molecule has 26 heavy (non-hydrogen) atoms. The van der Waals surface area contributed by atoms with E-state index in [-0.39, 0.29) is 23.7 Å². The molecule has 2 heterocycles. The maximum absolute atomic E-state index is 14.2. The number of hydrogen-bond acceptors (Lipinski definition) is 3. The number of carbonyl (C=O) groups excluding carboxylic acids is 1. The lowest BCUT2D eigenvalue weighted by Crippen LogP contribution is -2.50. The molecule has 2 aliphatic heterocycles. The molecule has 4 rings (SSSR count). The molecule has 2 saturated heterocycles. The molecule has 0 aromatic heterocycles. The zero-order chi connectivity index (χ0) is 18.3. The van der Waals surface area contributed by atoms with Crippen LogP contribution in [-0.4, -0.2) is 47.7 Å². The summed E-state index contributed by atoms with van der Waals surface area (Å²) >= 11 is 0. The normalized spacial score (nSPS) is 32.5. The van der Waals surface area contributed by atoms with Crippen LogP contribution in [0.5, 0.6) is 0 Å². The molecular weight excluding hydrogens is 338 g/mol. The van der Waals surface area contributed by atoms with E-state index in [0.717, 1.165) is 44.9 Å². The van der Waals surface area contributed by atoms with Gasteiger partial charge in [-0.25, -0.2) is 8.78 Å². The average molecular weight is 364 g/mol. The van der Waals surface area contributed by atoms with Gasteiger partial charge < -0.3 is 14.9 Å². The number of likely N-dealkylation sites (tertiary alicyclic amines) is 1. The fraction of sp³-hybridized carbons (Fsp3) is 0.650. The van der Waals surface area contributed by atoms with Gasteiger partial charge in [0.25, 0.3) is 0 Å². The average Bonchev–Trinajstić information content (AvgIpc) is 2.92. The van der Waals surface area contributed by atoms with Gasteiger partial charge in [-0.1, -0.05) is 6.07 Å². The summed E-state index contributed by atoms with van der Waals surface area (Å²) in [6.07, 6.45) is 5.22. The molecule has 0 unspecified atom stereocenters. The number of para-hydroxylation sites is 1. The van der Waals surface area contributed by atoms with Crippen LogP contribution in [0.1, 0.15) is 44.9 Å². The van der Waals surface area contributed by atoms with Crippen molar-refractivity contribution in [1.29, 1.82) is 0 Å². The first-order chi connectivity index (χ1) is 12.5. The van der Waals surface area contributed by atoms with E-state index in [1.54, 1.807) is 4.90 Å². The van der Waals surface area contributed by atoms with Crippen molar-refractivity contribution in [2.24, 2.45) is 5.41 Å². The number of piperidine rings is 1. The third kappa shape index (κ3) is 2.98. The quantitative estimate of drug-likeness (QED) is 0.877. The lowest BCUT2D eigenvalue weighted by molar-refractivity contribution is -0.139. The number of carbonyl (C=O) groups is 1. The van der Waals surface area contributed by atoms with E-state index in [1.807, 2.05) is 4.90 Å². The van der Waals surface area contributed by atoms with Crippen molar-refractivity contribution >= 4 is 11.6 Å². The van der Waals surface area contributed by atoms with E-state index in [4.69, 9.17) is 0 Å². The summed E-state index contributed by atoms with van der Waals surface area (Å²) in [5.41, 5.74) is -0.526. The molecule has 3 aliphatic rings. The maximum atomic E-state index is 14.2. The van der Waals surface area contributed by atoms with Gasteiger partial charge in [0.1, 0.15) is 17.3 Å². The minimum absolute atomic E-state index is 0.00128. The second-order valence-corrected chi connectivity index (χ2v) is 8.09. The molecule has 1 aromatic carbocycles. The number of halogens is 2. The van der Waals surface area contributed by atoms with Crippen LogP contribution in [0.4, 0.5) is 14.5 Å². The van der Waals surface area contributed by atoms with Crippen molar-refractivity contribution in [3.63, 3.8) is 0 Å². The fourth-order valence-corrected chi connectivity index (χ4v) is 5.06. The molecule has 1 saturated carbocycles. The van der Waals surface area contributed by atoms with Gasteiger partial charge in [0, 0.05) is 25.7 Å². The molecule has 3 fully saturated rings. The third-order valence-corrected chi connectivity index (χ3v) is 6.48. The standard InChI is InChI=1S/C20H26F2N2O2/c21-16-3-1-4-17(22)18(16)23-11-2-9-20(13-23)10-12-24(19(20)26)14-5-7-15(25)8-6-14/h1,3-4,14-15,25H,2,5-13H2/t14-,15+,20-/m0/s1. The first-order valence-corrected chi connectivity index (χ1v) is 9.68. The topological polar surface area (TPSA) is 43.8 Å². The Balaban J connectivity index is 1.53. The van der Waals surface area contributed by atoms with Crippen LogP contribution in [0.2, 0.25) is 0 Å². The minimum Gasteiger partial charge on any atom is -0.393 e. The van der Waals surface area contributed by atoms with Gasteiger partial charge in [-0.2, -0.15) is 0 Å². The van der Waals surface area contributed by atoms with E-state index in [1.165, 1.54) is 18.2 Å². The Bertz CT molecular complexity index is 670. The zero-order valence-electron chi connectivity index (χ0n) is 15.0. The SMILES string of the molecule is O=C1N([C@H]2CC[C@@H](O)CC2)CC[C@]12CCCN(c1c(F)cccc1F)C2. The molecule has 1 amide bonds. The summed E-state index contributed by atoms with van der Waals surface area (Å²) in [5.74, 6) is -0.989. The minimum atomic E-state index is -0.564. The summed E-state index contributed by atoms with van der Waals surface area (Å²) in [6, 6.07) is 4.12. The predicted octanol–water partition coefficient (Wildman–Crippen LogP) is 3.09. The van der Waals surface area contributed by atoms with Crippen LogP contribution in [0.15, 0.2) is 18.2 Å². The summed E-state index contributed by atoms with van der Waals surface area (Å²) < 4.78 is 28.4.